The fourth-order valence-electron chi connectivity index (χ4n) is 1.62. The number of carbonyl (C=O) groups is 1. The molecule has 2 aromatic heterocycles. The molecule has 0 N–H and O–H groups in total. The average molecular weight is 325 g/mol. The summed E-state index contributed by atoms with van der Waals surface area (Å²) < 4.78 is 44.8. The fourth-order valence-corrected chi connectivity index (χ4v) is 2.85. The third-order valence-electron chi connectivity index (χ3n) is 2.42. The van der Waals surface area contributed by atoms with E-state index in [1.54, 1.807) is 0 Å². The van der Waals surface area contributed by atoms with Gasteiger partial charge in [0.2, 0.25) is 0 Å². The van der Waals surface area contributed by atoms with Crippen LogP contribution in [0, 0.1) is 0 Å². The number of aryl methyl sites for hydroxylation is 1. The minimum atomic E-state index is -4.60. The number of halogens is 4. The summed E-state index contributed by atoms with van der Waals surface area (Å²) in [5.74, 6) is -0.834. The molecule has 9 heteroatoms. The number of thiophene rings is 1. The summed E-state index contributed by atoms with van der Waals surface area (Å²) >= 11 is 6.17. The van der Waals surface area contributed by atoms with Crippen molar-refractivity contribution in [2.75, 3.05) is 7.11 Å². The maximum atomic E-state index is 13.0. The first-order valence-electron chi connectivity index (χ1n) is 5.23. The number of aromatic nitrogens is 2. The van der Waals surface area contributed by atoms with E-state index in [1.807, 2.05) is 0 Å². The molecule has 0 radical (unpaired) electrons. The Labute approximate surface area is 120 Å². The minimum absolute atomic E-state index is 0.0205. The molecule has 2 aromatic rings. The van der Waals surface area contributed by atoms with E-state index < -0.39 is 17.0 Å². The van der Waals surface area contributed by atoms with E-state index in [2.05, 4.69) is 9.84 Å². The van der Waals surface area contributed by atoms with Gasteiger partial charge in [0, 0.05) is 18.8 Å². The van der Waals surface area contributed by atoms with Gasteiger partial charge in [-0.05, 0) is 6.07 Å². The summed E-state index contributed by atoms with van der Waals surface area (Å²) in [6.45, 7) is 0. The molecule has 0 unspecified atom stereocenters. The molecule has 0 aliphatic rings. The number of rotatable bonds is 2. The molecule has 0 saturated carbocycles. The molecule has 0 saturated heterocycles. The SMILES string of the molecule is COC(=O)c1cc(-c2nn(C)cc2Cl)c(C(F)(F)F)s1. The zero-order valence-electron chi connectivity index (χ0n) is 10.3. The van der Waals surface area contributed by atoms with E-state index >= 15 is 0 Å². The zero-order valence-corrected chi connectivity index (χ0v) is 11.9. The van der Waals surface area contributed by atoms with Gasteiger partial charge in [-0.25, -0.2) is 4.79 Å². The molecule has 108 valence electrons. The monoisotopic (exact) mass is 324 g/mol. The Morgan fingerprint density at radius 3 is 2.60 bits per heavy atom. The van der Waals surface area contributed by atoms with Gasteiger partial charge < -0.3 is 4.74 Å². The van der Waals surface area contributed by atoms with Crippen LogP contribution >= 0.6 is 22.9 Å². The third kappa shape index (κ3) is 2.66. The van der Waals surface area contributed by atoms with Crippen LogP contribution in [0.4, 0.5) is 13.2 Å². The number of methoxy groups -OCH3 is 1. The number of alkyl halides is 3. The van der Waals surface area contributed by atoms with Gasteiger partial charge in [0.15, 0.2) is 0 Å². The summed E-state index contributed by atoms with van der Waals surface area (Å²) in [6, 6.07) is 1.09. The molecular formula is C11H8ClF3N2O2S. The third-order valence-corrected chi connectivity index (χ3v) is 3.85. The number of ether oxygens (including phenoxy) is 1. The van der Waals surface area contributed by atoms with Crippen molar-refractivity contribution in [1.29, 1.82) is 0 Å². The lowest BCUT2D eigenvalue weighted by Gasteiger charge is -2.05. The molecule has 0 aliphatic heterocycles. The molecule has 0 bridgehead atoms. The predicted octanol–water partition coefficient (Wildman–Crippen LogP) is 3.61. The molecule has 0 spiro atoms. The van der Waals surface area contributed by atoms with E-state index in [0.29, 0.717) is 11.3 Å². The molecule has 4 nitrogen and oxygen atoms in total. The summed E-state index contributed by atoms with van der Waals surface area (Å²) in [5, 5.41) is 3.97. The Balaban J connectivity index is 2.65. The van der Waals surface area contributed by atoms with E-state index in [1.165, 1.54) is 17.9 Å². The summed E-state index contributed by atoms with van der Waals surface area (Å²) in [6.07, 6.45) is -3.22. The highest BCUT2D eigenvalue weighted by Gasteiger charge is 2.38. The standard InChI is InChI=1S/C11H8ClF3N2O2S/c1-17-4-6(12)8(16-17)5-3-7(10(18)19-2)20-9(5)11(13,14)15/h3-4H,1-2H3. The highest BCUT2D eigenvalue weighted by Crippen LogP contribution is 2.44. The summed E-state index contributed by atoms with van der Waals surface area (Å²) in [5.41, 5.74) is -0.249. The molecule has 0 aliphatic carbocycles. The Morgan fingerprint density at radius 1 is 1.50 bits per heavy atom. The van der Waals surface area contributed by atoms with Crippen LogP contribution in [0.5, 0.6) is 0 Å². The lowest BCUT2D eigenvalue weighted by molar-refractivity contribution is -0.133. The van der Waals surface area contributed by atoms with Gasteiger partial charge in [-0.3, -0.25) is 4.68 Å². The minimum Gasteiger partial charge on any atom is -0.465 e. The average Bonchev–Trinajstić information content (AvgIpc) is 2.91. The Bertz CT molecular complexity index is 663. The second-order valence-electron chi connectivity index (χ2n) is 3.84. The molecule has 2 rings (SSSR count). The molecule has 0 aromatic carbocycles. The van der Waals surface area contributed by atoms with Crippen molar-refractivity contribution in [1.82, 2.24) is 9.78 Å². The number of carbonyl (C=O) groups excluding carboxylic acids is 1. The fraction of sp³-hybridized carbons (Fsp3) is 0.273. The van der Waals surface area contributed by atoms with Crippen molar-refractivity contribution in [2.24, 2.45) is 7.05 Å². The van der Waals surface area contributed by atoms with Crippen LogP contribution in [0.3, 0.4) is 0 Å². The quantitative estimate of drug-likeness (QED) is 0.793. The van der Waals surface area contributed by atoms with Gasteiger partial charge in [0.25, 0.3) is 0 Å². The van der Waals surface area contributed by atoms with Crippen LogP contribution in [0.1, 0.15) is 14.5 Å². The first-order chi connectivity index (χ1) is 9.24. The van der Waals surface area contributed by atoms with Crippen molar-refractivity contribution in [3.63, 3.8) is 0 Å². The van der Waals surface area contributed by atoms with Crippen LogP contribution in [-0.2, 0) is 18.0 Å². The van der Waals surface area contributed by atoms with Gasteiger partial charge in [-0.2, -0.15) is 18.3 Å². The van der Waals surface area contributed by atoms with Crippen molar-refractivity contribution >= 4 is 28.9 Å². The second-order valence-corrected chi connectivity index (χ2v) is 5.30. The van der Waals surface area contributed by atoms with Gasteiger partial charge in [0.1, 0.15) is 15.4 Å². The van der Waals surface area contributed by atoms with E-state index in [0.717, 1.165) is 13.2 Å². The Kier molecular flexibility index (Phi) is 3.79. The number of nitrogens with zero attached hydrogens (tertiary/aromatic N) is 2. The highest BCUT2D eigenvalue weighted by atomic mass is 35.5. The van der Waals surface area contributed by atoms with Crippen LogP contribution in [-0.4, -0.2) is 22.9 Å². The molecule has 0 amide bonds. The van der Waals surface area contributed by atoms with Crippen LogP contribution in [0.25, 0.3) is 11.3 Å². The van der Waals surface area contributed by atoms with Crippen LogP contribution in [0.2, 0.25) is 5.02 Å². The summed E-state index contributed by atoms with van der Waals surface area (Å²) in [4.78, 5) is 10.3. The van der Waals surface area contributed by atoms with E-state index in [9.17, 15) is 18.0 Å². The van der Waals surface area contributed by atoms with Crippen LogP contribution < -0.4 is 0 Å². The van der Waals surface area contributed by atoms with E-state index in [4.69, 9.17) is 11.6 Å². The van der Waals surface area contributed by atoms with Crippen molar-refractivity contribution < 1.29 is 22.7 Å². The lowest BCUT2D eigenvalue weighted by Crippen LogP contribution is -2.04. The number of esters is 1. The van der Waals surface area contributed by atoms with Gasteiger partial charge in [0.05, 0.1) is 12.1 Å². The van der Waals surface area contributed by atoms with Crippen molar-refractivity contribution in [3.8, 4) is 11.3 Å². The molecule has 20 heavy (non-hydrogen) atoms. The molecule has 2 heterocycles. The van der Waals surface area contributed by atoms with Gasteiger partial charge in [-0.15, -0.1) is 11.3 Å². The van der Waals surface area contributed by atoms with Gasteiger partial charge in [-0.1, -0.05) is 11.6 Å². The van der Waals surface area contributed by atoms with E-state index in [-0.39, 0.29) is 21.2 Å². The molecule has 0 atom stereocenters. The highest BCUT2D eigenvalue weighted by molar-refractivity contribution is 7.14. The second kappa shape index (κ2) is 5.10. The maximum Gasteiger partial charge on any atom is 0.426 e. The first kappa shape index (κ1) is 14.9. The molecular weight excluding hydrogens is 317 g/mol. The molecule has 0 fully saturated rings. The van der Waals surface area contributed by atoms with Crippen molar-refractivity contribution in [2.45, 2.75) is 6.18 Å². The largest absolute Gasteiger partial charge is 0.465 e. The van der Waals surface area contributed by atoms with Crippen molar-refractivity contribution in [3.05, 3.63) is 27.0 Å². The summed E-state index contributed by atoms with van der Waals surface area (Å²) in [7, 11) is 2.64. The topological polar surface area (TPSA) is 44.1 Å². The van der Waals surface area contributed by atoms with Crippen LogP contribution in [0.15, 0.2) is 12.3 Å². The zero-order chi connectivity index (χ0) is 15.1. The predicted molar refractivity (Wildman–Crippen MR) is 67.9 cm³/mol. The number of hydrogen-bond acceptors (Lipinski definition) is 4. The Hall–Kier alpha value is -1.54. The maximum absolute atomic E-state index is 13.0. The number of hydrogen-bond donors (Lipinski definition) is 0. The Morgan fingerprint density at radius 2 is 2.15 bits per heavy atom. The van der Waals surface area contributed by atoms with Gasteiger partial charge >= 0.3 is 12.1 Å². The normalized spacial score (nSPS) is 11.7. The first-order valence-corrected chi connectivity index (χ1v) is 6.42. The lowest BCUT2D eigenvalue weighted by atomic mass is 10.1. The smallest absolute Gasteiger partial charge is 0.426 e.